The third kappa shape index (κ3) is 5.04. The fourth-order valence-electron chi connectivity index (χ4n) is 1.91. The summed E-state index contributed by atoms with van der Waals surface area (Å²) in [6.45, 7) is 1.23. The molecule has 0 aliphatic heterocycles. The number of ether oxygens (including phenoxy) is 1. The predicted octanol–water partition coefficient (Wildman–Crippen LogP) is 2.50. The number of aromatic nitrogens is 1. The molecular formula is C16H19BrN4O. The van der Waals surface area contributed by atoms with Gasteiger partial charge in [0.15, 0.2) is 5.96 Å². The lowest BCUT2D eigenvalue weighted by atomic mass is 10.2. The van der Waals surface area contributed by atoms with Gasteiger partial charge in [0.1, 0.15) is 5.75 Å². The number of nitrogens with two attached hydrogens (primary N) is 1. The van der Waals surface area contributed by atoms with Crippen LogP contribution < -0.4 is 15.8 Å². The zero-order valence-electron chi connectivity index (χ0n) is 12.4. The Bertz CT molecular complexity index is 631. The fraction of sp³-hybridized carbons (Fsp3) is 0.250. The molecule has 0 saturated heterocycles. The molecule has 0 unspecified atom stereocenters. The third-order valence-electron chi connectivity index (χ3n) is 3.06. The first-order valence-corrected chi connectivity index (χ1v) is 7.74. The highest BCUT2D eigenvalue weighted by molar-refractivity contribution is 9.10. The third-order valence-corrected chi connectivity index (χ3v) is 3.68. The van der Waals surface area contributed by atoms with Gasteiger partial charge in [0.2, 0.25) is 0 Å². The largest absolute Gasteiger partial charge is 0.496 e. The van der Waals surface area contributed by atoms with Crippen LogP contribution in [0.15, 0.2) is 52.1 Å². The zero-order valence-corrected chi connectivity index (χ0v) is 14.0. The molecule has 1 aromatic heterocycles. The fourth-order valence-corrected chi connectivity index (χ4v) is 2.49. The molecule has 0 bridgehead atoms. The maximum absolute atomic E-state index is 5.86. The number of nitrogens with one attached hydrogen (secondary N) is 1. The summed E-state index contributed by atoms with van der Waals surface area (Å²) < 4.78 is 6.10. The first kappa shape index (κ1) is 16.3. The number of nitrogens with zero attached hydrogens (tertiary/aromatic N) is 2. The summed E-state index contributed by atoms with van der Waals surface area (Å²) >= 11 is 3.45. The molecule has 0 aliphatic rings. The number of benzene rings is 1. The Hall–Kier alpha value is -2.08. The van der Waals surface area contributed by atoms with Crippen LogP contribution in [-0.4, -0.2) is 24.6 Å². The van der Waals surface area contributed by atoms with E-state index >= 15 is 0 Å². The van der Waals surface area contributed by atoms with Crippen LogP contribution in [0.25, 0.3) is 0 Å². The average molecular weight is 363 g/mol. The number of aliphatic imine (C=N–C) groups is 1. The van der Waals surface area contributed by atoms with E-state index in [1.54, 1.807) is 13.3 Å². The molecule has 0 fully saturated rings. The molecule has 0 atom stereocenters. The number of methoxy groups -OCH3 is 1. The van der Waals surface area contributed by atoms with Crippen molar-refractivity contribution in [1.82, 2.24) is 10.3 Å². The zero-order chi connectivity index (χ0) is 15.8. The van der Waals surface area contributed by atoms with E-state index in [1.165, 1.54) is 0 Å². The van der Waals surface area contributed by atoms with Gasteiger partial charge in [0, 0.05) is 24.9 Å². The van der Waals surface area contributed by atoms with Crippen molar-refractivity contribution in [3.05, 3.63) is 58.3 Å². The minimum atomic E-state index is 0.433. The van der Waals surface area contributed by atoms with Crippen LogP contribution in [0.1, 0.15) is 11.3 Å². The Balaban J connectivity index is 1.81. The monoisotopic (exact) mass is 362 g/mol. The molecule has 0 radical (unpaired) electrons. The van der Waals surface area contributed by atoms with Crippen molar-refractivity contribution >= 4 is 21.9 Å². The van der Waals surface area contributed by atoms with E-state index in [-0.39, 0.29) is 0 Å². The normalized spacial score (nSPS) is 11.3. The molecule has 0 spiro atoms. The summed E-state index contributed by atoms with van der Waals surface area (Å²) in [4.78, 5) is 8.58. The predicted molar refractivity (Wildman–Crippen MR) is 92.0 cm³/mol. The van der Waals surface area contributed by atoms with E-state index in [0.29, 0.717) is 19.0 Å². The van der Waals surface area contributed by atoms with E-state index < -0.39 is 0 Å². The molecule has 0 aliphatic carbocycles. The number of rotatable bonds is 6. The van der Waals surface area contributed by atoms with Crippen molar-refractivity contribution < 1.29 is 4.74 Å². The Kier molecular flexibility index (Phi) is 6.21. The van der Waals surface area contributed by atoms with Crippen LogP contribution in [-0.2, 0) is 13.0 Å². The summed E-state index contributed by atoms with van der Waals surface area (Å²) in [5.41, 5.74) is 7.95. The van der Waals surface area contributed by atoms with E-state index in [1.807, 2.05) is 36.4 Å². The van der Waals surface area contributed by atoms with Crippen LogP contribution in [0.5, 0.6) is 5.75 Å². The number of pyridine rings is 1. The van der Waals surface area contributed by atoms with E-state index in [9.17, 15) is 0 Å². The Morgan fingerprint density at radius 2 is 2.23 bits per heavy atom. The van der Waals surface area contributed by atoms with Crippen LogP contribution in [0.4, 0.5) is 0 Å². The van der Waals surface area contributed by atoms with Gasteiger partial charge in [-0.1, -0.05) is 12.1 Å². The van der Waals surface area contributed by atoms with Crippen LogP contribution in [0, 0.1) is 0 Å². The summed E-state index contributed by atoms with van der Waals surface area (Å²) in [5, 5.41) is 3.09. The molecule has 22 heavy (non-hydrogen) atoms. The van der Waals surface area contributed by atoms with Gasteiger partial charge >= 0.3 is 0 Å². The Morgan fingerprint density at radius 1 is 1.36 bits per heavy atom. The minimum Gasteiger partial charge on any atom is -0.496 e. The second-order valence-electron chi connectivity index (χ2n) is 4.67. The van der Waals surface area contributed by atoms with Crippen LogP contribution >= 0.6 is 15.9 Å². The first-order chi connectivity index (χ1) is 10.7. The van der Waals surface area contributed by atoms with Gasteiger partial charge in [-0.25, -0.2) is 4.99 Å². The molecule has 0 saturated carbocycles. The van der Waals surface area contributed by atoms with Crippen molar-refractivity contribution in [1.29, 1.82) is 0 Å². The lowest BCUT2D eigenvalue weighted by Gasteiger charge is -2.07. The SMILES string of the molecule is COc1ccc(CN=C(N)NCCc2ccccn2)cc1Br. The van der Waals surface area contributed by atoms with Gasteiger partial charge in [0.25, 0.3) is 0 Å². The van der Waals surface area contributed by atoms with Gasteiger partial charge < -0.3 is 15.8 Å². The van der Waals surface area contributed by atoms with Gasteiger partial charge in [-0.15, -0.1) is 0 Å². The highest BCUT2D eigenvalue weighted by Gasteiger charge is 2.01. The molecule has 2 aromatic rings. The van der Waals surface area contributed by atoms with Crippen molar-refractivity contribution in [2.45, 2.75) is 13.0 Å². The number of guanidine groups is 1. The highest BCUT2D eigenvalue weighted by atomic mass is 79.9. The van der Waals surface area contributed by atoms with Crippen molar-refractivity contribution in [2.24, 2.45) is 10.7 Å². The molecule has 1 heterocycles. The molecule has 3 N–H and O–H groups in total. The van der Waals surface area contributed by atoms with Crippen LogP contribution in [0.2, 0.25) is 0 Å². The lowest BCUT2D eigenvalue weighted by molar-refractivity contribution is 0.412. The Labute approximate surface area is 138 Å². The molecule has 116 valence electrons. The van der Waals surface area contributed by atoms with Gasteiger partial charge in [0.05, 0.1) is 18.1 Å². The minimum absolute atomic E-state index is 0.433. The molecular weight excluding hydrogens is 344 g/mol. The second-order valence-corrected chi connectivity index (χ2v) is 5.52. The standard InChI is InChI=1S/C16H19BrN4O/c1-22-15-6-5-12(10-14(15)17)11-21-16(18)20-9-7-13-4-2-3-8-19-13/h2-6,8,10H,7,9,11H2,1H3,(H3,18,20,21). The second kappa shape index (κ2) is 8.38. The van der Waals surface area contributed by atoms with Gasteiger partial charge in [-0.05, 0) is 45.8 Å². The summed E-state index contributed by atoms with van der Waals surface area (Å²) in [6.07, 6.45) is 2.60. The first-order valence-electron chi connectivity index (χ1n) is 6.95. The van der Waals surface area contributed by atoms with E-state index in [4.69, 9.17) is 10.5 Å². The quantitative estimate of drug-likeness (QED) is 0.611. The number of hydrogen-bond acceptors (Lipinski definition) is 3. The lowest BCUT2D eigenvalue weighted by Crippen LogP contribution is -2.33. The van der Waals surface area contributed by atoms with Gasteiger partial charge in [-0.2, -0.15) is 0 Å². The van der Waals surface area contributed by atoms with Gasteiger partial charge in [-0.3, -0.25) is 4.98 Å². The van der Waals surface area contributed by atoms with Crippen LogP contribution in [0.3, 0.4) is 0 Å². The summed E-state index contributed by atoms with van der Waals surface area (Å²) in [7, 11) is 1.64. The maximum Gasteiger partial charge on any atom is 0.188 e. The smallest absolute Gasteiger partial charge is 0.188 e. The maximum atomic E-state index is 5.86. The topological polar surface area (TPSA) is 72.5 Å². The Morgan fingerprint density at radius 3 is 2.91 bits per heavy atom. The van der Waals surface area contributed by atoms with Crippen molar-refractivity contribution in [3.63, 3.8) is 0 Å². The molecule has 0 amide bonds. The van der Waals surface area contributed by atoms with Crippen molar-refractivity contribution in [2.75, 3.05) is 13.7 Å². The van der Waals surface area contributed by atoms with E-state index in [2.05, 4.69) is 31.2 Å². The number of hydrogen-bond donors (Lipinski definition) is 2. The molecule has 1 aromatic carbocycles. The molecule has 5 nitrogen and oxygen atoms in total. The van der Waals surface area contributed by atoms with Crippen molar-refractivity contribution in [3.8, 4) is 5.75 Å². The summed E-state index contributed by atoms with van der Waals surface area (Å²) in [5.74, 6) is 1.23. The summed E-state index contributed by atoms with van der Waals surface area (Å²) in [6, 6.07) is 11.7. The highest BCUT2D eigenvalue weighted by Crippen LogP contribution is 2.25. The molecule has 2 rings (SSSR count). The average Bonchev–Trinajstić information content (AvgIpc) is 2.54. The molecule has 6 heteroatoms. The number of halogens is 1. The van der Waals surface area contributed by atoms with E-state index in [0.717, 1.165) is 27.9 Å².